The lowest BCUT2D eigenvalue weighted by atomic mass is 9.78. The Morgan fingerprint density at radius 3 is 2.83 bits per heavy atom. The largest absolute Gasteiger partial charge is 0.381 e. The summed E-state index contributed by atoms with van der Waals surface area (Å²) in [5.41, 5.74) is 5.91. The van der Waals surface area contributed by atoms with Gasteiger partial charge in [0, 0.05) is 31.7 Å². The minimum atomic E-state index is 0.154. The molecule has 0 heterocycles. The molecule has 1 amide bonds. The first-order chi connectivity index (χ1) is 8.65. The Morgan fingerprint density at radius 1 is 1.39 bits per heavy atom. The molecule has 3 atom stereocenters. The lowest BCUT2D eigenvalue weighted by Gasteiger charge is -2.31. The van der Waals surface area contributed by atoms with Gasteiger partial charge in [0.25, 0.3) is 0 Å². The molecule has 4 heteroatoms. The molecular weight excluding hydrogens is 228 g/mol. The molecule has 3 unspecified atom stereocenters. The van der Waals surface area contributed by atoms with E-state index >= 15 is 0 Å². The predicted octanol–water partition coefficient (Wildman–Crippen LogP) is 1.68. The molecule has 4 nitrogen and oxygen atoms in total. The molecule has 0 saturated heterocycles. The van der Waals surface area contributed by atoms with Gasteiger partial charge in [0.2, 0.25) is 5.91 Å². The number of rotatable bonds is 7. The minimum absolute atomic E-state index is 0.154. The van der Waals surface area contributed by atoms with E-state index in [0.29, 0.717) is 5.92 Å². The molecule has 1 aliphatic rings. The van der Waals surface area contributed by atoms with E-state index in [-0.39, 0.29) is 17.9 Å². The van der Waals surface area contributed by atoms with E-state index in [2.05, 4.69) is 19.2 Å². The van der Waals surface area contributed by atoms with Gasteiger partial charge >= 0.3 is 0 Å². The van der Waals surface area contributed by atoms with Gasteiger partial charge in [-0.25, -0.2) is 0 Å². The van der Waals surface area contributed by atoms with Crippen LogP contribution >= 0.6 is 0 Å². The van der Waals surface area contributed by atoms with Crippen molar-refractivity contribution in [2.75, 3.05) is 19.8 Å². The molecule has 0 aromatic carbocycles. The van der Waals surface area contributed by atoms with Crippen LogP contribution in [0, 0.1) is 11.8 Å². The summed E-state index contributed by atoms with van der Waals surface area (Å²) in [5.74, 6) is 0.761. The number of carbonyl (C=O) groups excluding carboxylic acids is 1. The van der Waals surface area contributed by atoms with E-state index in [0.717, 1.165) is 51.9 Å². The van der Waals surface area contributed by atoms with E-state index in [1.807, 2.05) is 0 Å². The molecule has 0 aliphatic heterocycles. The van der Waals surface area contributed by atoms with Gasteiger partial charge in [-0.15, -0.1) is 0 Å². The fourth-order valence-electron chi connectivity index (χ4n) is 2.59. The number of carbonyl (C=O) groups is 1. The van der Waals surface area contributed by atoms with Crippen LogP contribution in [0.25, 0.3) is 0 Å². The second-order valence-electron chi connectivity index (χ2n) is 5.41. The third-order valence-electron chi connectivity index (χ3n) is 3.66. The second-order valence-corrected chi connectivity index (χ2v) is 5.41. The van der Waals surface area contributed by atoms with Gasteiger partial charge in [0.05, 0.1) is 0 Å². The Balaban J connectivity index is 2.12. The van der Waals surface area contributed by atoms with E-state index < -0.39 is 0 Å². The smallest absolute Gasteiger partial charge is 0.223 e. The number of nitrogens with two attached hydrogens (primary N) is 1. The van der Waals surface area contributed by atoms with Crippen molar-refractivity contribution in [3.05, 3.63) is 0 Å². The van der Waals surface area contributed by atoms with E-state index in [9.17, 15) is 4.79 Å². The van der Waals surface area contributed by atoms with Gasteiger partial charge in [0.1, 0.15) is 0 Å². The quantitative estimate of drug-likeness (QED) is 0.681. The molecule has 18 heavy (non-hydrogen) atoms. The second kappa shape index (κ2) is 8.48. The Labute approximate surface area is 111 Å². The number of hydrogen-bond donors (Lipinski definition) is 2. The molecule has 0 aromatic heterocycles. The van der Waals surface area contributed by atoms with Crippen molar-refractivity contribution < 1.29 is 9.53 Å². The molecule has 0 aromatic rings. The molecule has 1 saturated carbocycles. The van der Waals surface area contributed by atoms with Gasteiger partial charge in [-0.1, -0.05) is 13.8 Å². The monoisotopic (exact) mass is 256 g/mol. The highest BCUT2D eigenvalue weighted by atomic mass is 16.5. The summed E-state index contributed by atoms with van der Waals surface area (Å²) in [5, 5.41) is 3.01. The number of ether oxygens (including phenoxy) is 1. The number of amides is 1. The fourth-order valence-corrected chi connectivity index (χ4v) is 2.59. The van der Waals surface area contributed by atoms with Gasteiger partial charge in [-0.3, -0.25) is 4.79 Å². The first kappa shape index (κ1) is 15.4. The lowest BCUT2D eigenvalue weighted by Crippen LogP contribution is -2.41. The standard InChI is InChI=1S/C14H28N2O2/c1-3-8-18-9-4-7-16-14(17)13-6-5-12(15)10-11(13)2/h11-13H,3-10,15H2,1-2H3,(H,16,17). The van der Waals surface area contributed by atoms with Crippen LogP contribution in [-0.2, 0) is 9.53 Å². The Morgan fingerprint density at radius 2 is 2.17 bits per heavy atom. The molecule has 0 spiro atoms. The third kappa shape index (κ3) is 5.36. The molecule has 0 radical (unpaired) electrons. The summed E-state index contributed by atoms with van der Waals surface area (Å²) in [6, 6.07) is 0.284. The third-order valence-corrected chi connectivity index (χ3v) is 3.66. The van der Waals surface area contributed by atoms with Gasteiger partial charge in [-0.05, 0) is 38.0 Å². The molecule has 1 aliphatic carbocycles. The zero-order valence-corrected chi connectivity index (χ0v) is 11.8. The highest BCUT2D eigenvalue weighted by Crippen LogP contribution is 2.29. The summed E-state index contributed by atoms with van der Waals surface area (Å²) in [6.07, 6.45) is 4.82. The van der Waals surface area contributed by atoms with Gasteiger partial charge in [0.15, 0.2) is 0 Å². The maximum absolute atomic E-state index is 12.0. The van der Waals surface area contributed by atoms with Crippen molar-refractivity contribution in [3.63, 3.8) is 0 Å². The zero-order chi connectivity index (χ0) is 13.4. The highest BCUT2D eigenvalue weighted by molar-refractivity contribution is 5.79. The number of nitrogens with one attached hydrogen (secondary N) is 1. The maximum Gasteiger partial charge on any atom is 0.223 e. The maximum atomic E-state index is 12.0. The average molecular weight is 256 g/mol. The Hall–Kier alpha value is -0.610. The number of hydrogen-bond acceptors (Lipinski definition) is 3. The highest BCUT2D eigenvalue weighted by Gasteiger charge is 2.30. The van der Waals surface area contributed by atoms with Crippen LogP contribution in [0.2, 0.25) is 0 Å². The Bertz CT molecular complexity index is 246. The van der Waals surface area contributed by atoms with Gasteiger partial charge < -0.3 is 15.8 Å². The SMILES string of the molecule is CCCOCCCNC(=O)C1CCC(N)CC1C. The average Bonchev–Trinajstić information content (AvgIpc) is 2.33. The van der Waals surface area contributed by atoms with E-state index in [4.69, 9.17) is 10.5 Å². The first-order valence-electron chi connectivity index (χ1n) is 7.26. The van der Waals surface area contributed by atoms with Crippen LogP contribution in [0.4, 0.5) is 0 Å². The molecule has 1 fully saturated rings. The van der Waals surface area contributed by atoms with Crippen molar-refractivity contribution in [1.29, 1.82) is 0 Å². The zero-order valence-electron chi connectivity index (χ0n) is 11.8. The predicted molar refractivity (Wildman–Crippen MR) is 73.2 cm³/mol. The van der Waals surface area contributed by atoms with Crippen LogP contribution in [0.5, 0.6) is 0 Å². The summed E-state index contributed by atoms with van der Waals surface area (Å²) in [7, 11) is 0. The van der Waals surface area contributed by atoms with Crippen LogP contribution < -0.4 is 11.1 Å². The molecule has 3 N–H and O–H groups in total. The lowest BCUT2D eigenvalue weighted by molar-refractivity contribution is -0.127. The normalized spacial score (nSPS) is 28.1. The minimum Gasteiger partial charge on any atom is -0.381 e. The molecule has 1 rings (SSSR count). The van der Waals surface area contributed by atoms with Crippen LogP contribution in [0.1, 0.15) is 46.0 Å². The first-order valence-corrected chi connectivity index (χ1v) is 7.26. The summed E-state index contributed by atoms with van der Waals surface area (Å²) < 4.78 is 5.38. The van der Waals surface area contributed by atoms with Crippen LogP contribution in [-0.4, -0.2) is 31.7 Å². The topological polar surface area (TPSA) is 64.3 Å². The summed E-state index contributed by atoms with van der Waals surface area (Å²) in [4.78, 5) is 12.0. The van der Waals surface area contributed by atoms with Crippen molar-refractivity contribution >= 4 is 5.91 Å². The van der Waals surface area contributed by atoms with Crippen molar-refractivity contribution in [2.24, 2.45) is 17.6 Å². The molecule has 0 bridgehead atoms. The van der Waals surface area contributed by atoms with Crippen molar-refractivity contribution in [2.45, 2.75) is 52.0 Å². The van der Waals surface area contributed by atoms with Crippen LogP contribution in [0.3, 0.4) is 0 Å². The Kier molecular flexibility index (Phi) is 7.28. The fraction of sp³-hybridized carbons (Fsp3) is 0.929. The summed E-state index contributed by atoms with van der Waals surface area (Å²) >= 11 is 0. The summed E-state index contributed by atoms with van der Waals surface area (Å²) in [6.45, 7) is 6.49. The van der Waals surface area contributed by atoms with Crippen LogP contribution in [0.15, 0.2) is 0 Å². The van der Waals surface area contributed by atoms with Gasteiger partial charge in [-0.2, -0.15) is 0 Å². The van der Waals surface area contributed by atoms with Crippen molar-refractivity contribution in [3.8, 4) is 0 Å². The van der Waals surface area contributed by atoms with Crippen molar-refractivity contribution in [1.82, 2.24) is 5.32 Å². The molecular formula is C14H28N2O2. The molecule has 106 valence electrons. The van der Waals surface area contributed by atoms with E-state index in [1.165, 1.54) is 0 Å². The van der Waals surface area contributed by atoms with E-state index in [1.54, 1.807) is 0 Å².